The van der Waals surface area contributed by atoms with E-state index < -0.39 is 0 Å². The second-order valence-electron chi connectivity index (χ2n) is 7.70. The van der Waals surface area contributed by atoms with Crippen molar-refractivity contribution in [2.24, 2.45) is 0 Å². The van der Waals surface area contributed by atoms with Crippen LogP contribution in [0.3, 0.4) is 0 Å². The van der Waals surface area contributed by atoms with Gasteiger partial charge in [-0.3, -0.25) is 24.8 Å². The molecule has 3 N–H and O–H groups in total. The summed E-state index contributed by atoms with van der Waals surface area (Å²) in [6, 6.07) is 7.87. The molecule has 6 aromatic heterocycles. The van der Waals surface area contributed by atoms with Gasteiger partial charge in [-0.15, -0.1) is 11.3 Å². The molecule has 0 aliphatic heterocycles. The number of anilines is 1. The summed E-state index contributed by atoms with van der Waals surface area (Å²) in [5.41, 5.74) is 6.29. The molecule has 1 amide bonds. The summed E-state index contributed by atoms with van der Waals surface area (Å²) in [6.07, 6.45) is 9.07. The number of rotatable bonds is 5. The fourth-order valence-electron chi connectivity index (χ4n) is 3.81. The van der Waals surface area contributed by atoms with Crippen LogP contribution in [0.4, 0.5) is 5.69 Å². The Labute approximate surface area is 197 Å². The van der Waals surface area contributed by atoms with Crippen molar-refractivity contribution in [2.75, 3.05) is 5.32 Å². The van der Waals surface area contributed by atoms with Gasteiger partial charge in [-0.2, -0.15) is 5.10 Å². The van der Waals surface area contributed by atoms with Crippen LogP contribution in [-0.2, 0) is 4.79 Å². The number of carbonyl (C=O) groups is 1. The van der Waals surface area contributed by atoms with Gasteiger partial charge in [0.25, 0.3) is 0 Å². The summed E-state index contributed by atoms with van der Waals surface area (Å²) >= 11 is 1.65. The number of nitrogens with one attached hydrogen (secondary N) is 3. The molecule has 0 radical (unpaired) electrons. The molecule has 0 bridgehead atoms. The summed E-state index contributed by atoms with van der Waals surface area (Å²) in [5.74, 6) is 0.576. The fourth-order valence-corrected chi connectivity index (χ4v) is 4.55. The predicted molar refractivity (Wildman–Crippen MR) is 132 cm³/mol. The van der Waals surface area contributed by atoms with Gasteiger partial charge < -0.3 is 10.3 Å². The Balaban J connectivity index is 1.43. The fraction of sp³-hybridized carbons (Fsp3) is 0.0833. The monoisotopic (exact) mass is 466 g/mol. The van der Waals surface area contributed by atoms with E-state index in [1.807, 2.05) is 29.8 Å². The summed E-state index contributed by atoms with van der Waals surface area (Å²) in [7, 11) is 0. The zero-order valence-electron chi connectivity index (χ0n) is 18.0. The van der Waals surface area contributed by atoms with Gasteiger partial charge in [0.05, 0.1) is 41.0 Å². The number of amides is 1. The number of fused-ring (bicyclic) bond motifs is 2. The molecule has 0 saturated carbocycles. The van der Waals surface area contributed by atoms with E-state index >= 15 is 0 Å². The number of H-pyrrole nitrogens is 2. The van der Waals surface area contributed by atoms with Crippen LogP contribution < -0.4 is 5.32 Å². The van der Waals surface area contributed by atoms with Crippen molar-refractivity contribution in [1.82, 2.24) is 35.1 Å². The molecule has 0 aliphatic carbocycles. The Morgan fingerprint density at radius 2 is 2.00 bits per heavy atom. The molecule has 0 aliphatic rings. The molecule has 0 spiro atoms. The molecular formula is C24H18N8OS. The third-order valence-corrected chi connectivity index (χ3v) is 6.39. The van der Waals surface area contributed by atoms with E-state index in [4.69, 9.17) is 4.98 Å². The number of hydrogen-bond donors (Lipinski definition) is 3. The second kappa shape index (κ2) is 8.16. The van der Waals surface area contributed by atoms with Gasteiger partial charge >= 0.3 is 0 Å². The van der Waals surface area contributed by atoms with Gasteiger partial charge in [0.1, 0.15) is 11.2 Å². The molecule has 10 heteroatoms. The Hall–Kier alpha value is -4.44. The van der Waals surface area contributed by atoms with Crippen LogP contribution in [-0.4, -0.2) is 41.0 Å². The van der Waals surface area contributed by atoms with Gasteiger partial charge in [-0.25, -0.2) is 4.98 Å². The molecule has 166 valence electrons. The first-order chi connectivity index (χ1) is 16.7. The number of carbonyl (C=O) groups excluding carboxylic acids is 1. The SMILES string of the molecule is CCC(=O)Nc1cncc(-c2cc3c(-c4nc5c(-c6cccs6)cncc5[nH]4)n[nH]c3cn2)c1. The summed E-state index contributed by atoms with van der Waals surface area (Å²) < 4.78 is 0. The van der Waals surface area contributed by atoms with Crippen LogP contribution in [0.15, 0.2) is 60.6 Å². The highest BCUT2D eigenvalue weighted by Gasteiger charge is 2.17. The first-order valence-corrected chi connectivity index (χ1v) is 11.5. The van der Waals surface area contributed by atoms with Crippen LogP contribution in [0, 0.1) is 0 Å². The molecule has 6 rings (SSSR count). The molecule has 34 heavy (non-hydrogen) atoms. The van der Waals surface area contributed by atoms with Crippen LogP contribution in [0.25, 0.3) is 55.2 Å². The van der Waals surface area contributed by atoms with Gasteiger partial charge in [0.15, 0.2) is 5.82 Å². The lowest BCUT2D eigenvalue weighted by atomic mass is 10.1. The highest BCUT2D eigenvalue weighted by Crippen LogP contribution is 2.33. The standard InChI is InChI=1S/C24H18N8OS/c1-2-21(33)28-14-6-13(8-25-9-14)17-7-15-18(12-27-17)31-32-23(15)24-29-19-11-26-10-16(22(19)30-24)20-4-3-5-34-20/h3-12H,2H2,1H3,(H,28,33)(H,29,30)(H,31,32). The third kappa shape index (κ3) is 3.50. The Kier molecular flexibility index (Phi) is 4.84. The van der Waals surface area contributed by atoms with E-state index in [1.54, 1.807) is 43.0 Å². The van der Waals surface area contributed by atoms with Crippen molar-refractivity contribution in [2.45, 2.75) is 13.3 Å². The predicted octanol–water partition coefficient (Wildman–Crippen LogP) is 5.04. The maximum absolute atomic E-state index is 11.8. The highest BCUT2D eigenvalue weighted by molar-refractivity contribution is 7.13. The minimum absolute atomic E-state index is 0.0687. The van der Waals surface area contributed by atoms with Crippen LogP contribution in [0.2, 0.25) is 0 Å². The third-order valence-electron chi connectivity index (χ3n) is 5.49. The first-order valence-electron chi connectivity index (χ1n) is 10.7. The maximum atomic E-state index is 11.8. The number of aromatic amines is 2. The van der Waals surface area contributed by atoms with E-state index in [1.165, 1.54) is 0 Å². The molecule has 0 aromatic carbocycles. The summed E-state index contributed by atoms with van der Waals surface area (Å²) in [5, 5.41) is 13.3. The number of nitrogens with zero attached hydrogens (tertiary/aromatic N) is 5. The van der Waals surface area contributed by atoms with Crippen LogP contribution in [0.1, 0.15) is 13.3 Å². The molecule has 6 heterocycles. The van der Waals surface area contributed by atoms with Crippen LogP contribution in [0.5, 0.6) is 0 Å². The maximum Gasteiger partial charge on any atom is 0.224 e. The van der Waals surface area contributed by atoms with Crippen molar-refractivity contribution in [3.05, 3.63) is 60.6 Å². The lowest BCUT2D eigenvalue weighted by molar-refractivity contribution is -0.115. The Morgan fingerprint density at radius 3 is 2.85 bits per heavy atom. The van der Waals surface area contributed by atoms with E-state index in [0.29, 0.717) is 29.3 Å². The first kappa shape index (κ1) is 20.2. The van der Waals surface area contributed by atoms with E-state index in [9.17, 15) is 4.79 Å². The molecular weight excluding hydrogens is 448 g/mol. The molecule has 0 saturated heterocycles. The highest BCUT2D eigenvalue weighted by atomic mass is 32.1. The van der Waals surface area contributed by atoms with E-state index in [-0.39, 0.29) is 5.91 Å². The number of aromatic nitrogens is 7. The zero-order valence-corrected chi connectivity index (χ0v) is 18.8. The van der Waals surface area contributed by atoms with E-state index in [2.05, 4.69) is 41.5 Å². The van der Waals surface area contributed by atoms with Crippen molar-refractivity contribution >= 4 is 44.9 Å². The molecule has 9 nitrogen and oxygen atoms in total. The van der Waals surface area contributed by atoms with Crippen molar-refractivity contribution in [1.29, 1.82) is 0 Å². The Morgan fingerprint density at radius 1 is 1.09 bits per heavy atom. The average Bonchev–Trinajstić information content (AvgIpc) is 3.62. The second-order valence-corrected chi connectivity index (χ2v) is 8.64. The summed E-state index contributed by atoms with van der Waals surface area (Å²) in [6.45, 7) is 1.81. The van der Waals surface area contributed by atoms with Gasteiger partial charge in [0.2, 0.25) is 5.91 Å². The Bertz CT molecular complexity index is 1650. The number of thiophene rings is 1. The van der Waals surface area contributed by atoms with E-state index in [0.717, 1.165) is 37.9 Å². The van der Waals surface area contributed by atoms with Crippen molar-refractivity contribution in [3.8, 4) is 33.2 Å². The minimum atomic E-state index is -0.0687. The topological polar surface area (TPSA) is 125 Å². The lowest BCUT2D eigenvalue weighted by Crippen LogP contribution is -2.09. The molecule has 0 atom stereocenters. The van der Waals surface area contributed by atoms with Crippen LogP contribution >= 0.6 is 11.3 Å². The largest absolute Gasteiger partial charge is 0.335 e. The molecule has 0 unspecified atom stereocenters. The number of imidazole rings is 1. The average molecular weight is 467 g/mol. The van der Waals surface area contributed by atoms with Crippen molar-refractivity contribution < 1.29 is 4.79 Å². The lowest BCUT2D eigenvalue weighted by Gasteiger charge is -2.06. The quantitative estimate of drug-likeness (QED) is 0.327. The zero-order chi connectivity index (χ0) is 23.1. The molecule has 0 fully saturated rings. The summed E-state index contributed by atoms with van der Waals surface area (Å²) in [4.78, 5) is 34.3. The number of pyridine rings is 3. The number of hydrogen-bond acceptors (Lipinski definition) is 7. The van der Waals surface area contributed by atoms with Gasteiger partial charge in [0, 0.05) is 40.2 Å². The molecule has 6 aromatic rings. The van der Waals surface area contributed by atoms with Gasteiger partial charge in [-0.1, -0.05) is 13.0 Å². The van der Waals surface area contributed by atoms with Gasteiger partial charge in [-0.05, 0) is 23.6 Å². The normalized spacial score (nSPS) is 11.3. The smallest absolute Gasteiger partial charge is 0.224 e. The van der Waals surface area contributed by atoms with Crippen molar-refractivity contribution in [3.63, 3.8) is 0 Å². The minimum Gasteiger partial charge on any atom is -0.335 e.